The van der Waals surface area contributed by atoms with E-state index in [1.54, 1.807) is 0 Å². The summed E-state index contributed by atoms with van der Waals surface area (Å²) in [6.45, 7) is 2.06. The van der Waals surface area contributed by atoms with Crippen LogP contribution in [0.3, 0.4) is 0 Å². The summed E-state index contributed by atoms with van der Waals surface area (Å²) in [5, 5.41) is 3.82. The highest BCUT2D eigenvalue weighted by molar-refractivity contribution is 6.30. The fourth-order valence-electron chi connectivity index (χ4n) is 2.94. The van der Waals surface area contributed by atoms with Crippen LogP contribution in [0.15, 0.2) is 78.9 Å². The number of hydrogen-bond acceptors (Lipinski definition) is 1. The lowest BCUT2D eigenvalue weighted by molar-refractivity contribution is -0.120. The number of carbonyl (C=O) groups is 1. The molecule has 0 aromatic heterocycles. The molecule has 25 heavy (non-hydrogen) atoms. The van der Waals surface area contributed by atoms with Gasteiger partial charge in [-0.3, -0.25) is 4.79 Å². The number of nitrogens with one attached hydrogen (secondary N) is 1. The number of amides is 1. The Morgan fingerprint density at radius 1 is 0.960 bits per heavy atom. The molecule has 0 bridgehead atoms. The Labute approximate surface area is 153 Å². The summed E-state index contributed by atoms with van der Waals surface area (Å²) in [4.78, 5) is 12.6. The van der Waals surface area contributed by atoms with Gasteiger partial charge >= 0.3 is 0 Å². The summed E-state index contributed by atoms with van der Waals surface area (Å²) in [7, 11) is 0. The van der Waals surface area contributed by atoms with Crippen molar-refractivity contribution in [2.75, 3.05) is 0 Å². The molecule has 0 aliphatic carbocycles. The van der Waals surface area contributed by atoms with E-state index in [2.05, 4.69) is 24.4 Å². The number of carbonyl (C=O) groups excluding carboxylic acids is 1. The highest BCUT2D eigenvalue weighted by atomic mass is 35.5. The van der Waals surface area contributed by atoms with Crippen molar-refractivity contribution >= 4 is 17.5 Å². The van der Waals surface area contributed by atoms with Crippen molar-refractivity contribution in [1.82, 2.24) is 5.32 Å². The topological polar surface area (TPSA) is 29.1 Å². The number of halogens is 1. The quantitative estimate of drug-likeness (QED) is 0.682. The summed E-state index contributed by atoms with van der Waals surface area (Å²) in [6, 6.07) is 25.4. The first-order chi connectivity index (χ1) is 12.1. The van der Waals surface area contributed by atoms with Gasteiger partial charge in [0.25, 0.3) is 0 Å². The van der Waals surface area contributed by atoms with E-state index in [1.807, 2.05) is 66.7 Å². The number of benzene rings is 3. The smallest absolute Gasteiger partial charge is 0.225 e. The van der Waals surface area contributed by atoms with Gasteiger partial charge in [0, 0.05) is 5.02 Å². The van der Waals surface area contributed by atoms with Crippen LogP contribution in [-0.2, 0) is 11.2 Å². The first kappa shape index (κ1) is 17.2. The van der Waals surface area contributed by atoms with Crippen molar-refractivity contribution in [3.8, 4) is 0 Å². The van der Waals surface area contributed by atoms with Gasteiger partial charge in [0.05, 0.1) is 12.5 Å². The molecule has 1 atom stereocenters. The second-order valence-electron chi connectivity index (χ2n) is 6.07. The van der Waals surface area contributed by atoms with Crippen LogP contribution in [0, 0.1) is 6.92 Å². The lowest BCUT2D eigenvalue weighted by Crippen LogP contribution is -2.31. The van der Waals surface area contributed by atoms with E-state index in [9.17, 15) is 4.79 Å². The number of aryl methyl sites for hydroxylation is 1. The minimum atomic E-state index is -0.172. The standard InChI is InChI=1S/C22H20ClNO/c1-16-8-5-6-13-20(16)22(18-10-3-2-4-11-18)24-21(25)15-17-9-7-12-19(23)14-17/h2-14,22H,15H2,1H3,(H,24,25)/t22-/m1/s1. The van der Waals surface area contributed by atoms with Crippen molar-refractivity contribution in [2.45, 2.75) is 19.4 Å². The first-order valence-electron chi connectivity index (χ1n) is 8.28. The van der Waals surface area contributed by atoms with E-state index in [4.69, 9.17) is 11.6 Å². The molecule has 0 aliphatic heterocycles. The minimum Gasteiger partial charge on any atom is -0.345 e. The molecule has 0 fully saturated rings. The molecule has 1 N–H and O–H groups in total. The lowest BCUT2D eigenvalue weighted by atomic mass is 9.94. The van der Waals surface area contributed by atoms with Crippen LogP contribution in [0.4, 0.5) is 0 Å². The van der Waals surface area contributed by atoms with E-state index in [0.717, 1.165) is 22.3 Å². The maximum Gasteiger partial charge on any atom is 0.225 e. The van der Waals surface area contributed by atoms with Gasteiger partial charge in [0.15, 0.2) is 0 Å². The summed E-state index contributed by atoms with van der Waals surface area (Å²) >= 11 is 6.01. The molecular formula is C22H20ClNO. The fourth-order valence-corrected chi connectivity index (χ4v) is 3.15. The van der Waals surface area contributed by atoms with Gasteiger partial charge in [-0.25, -0.2) is 0 Å². The van der Waals surface area contributed by atoms with Crippen LogP contribution in [-0.4, -0.2) is 5.91 Å². The molecule has 0 saturated carbocycles. The van der Waals surface area contributed by atoms with Gasteiger partial charge in [0.1, 0.15) is 0 Å². The number of hydrogen-bond donors (Lipinski definition) is 1. The first-order valence-corrected chi connectivity index (χ1v) is 8.65. The highest BCUT2D eigenvalue weighted by Crippen LogP contribution is 2.25. The van der Waals surface area contributed by atoms with E-state index >= 15 is 0 Å². The molecule has 3 aromatic rings. The van der Waals surface area contributed by atoms with Crippen molar-refractivity contribution < 1.29 is 4.79 Å². The molecule has 0 saturated heterocycles. The molecule has 3 rings (SSSR count). The summed E-state index contributed by atoms with van der Waals surface area (Å²) in [5.41, 5.74) is 4.23. The summed E-state index contributed by atoms with van der Waals surface area (Å²) in [6.07, 6.45) is 0.301. The van der Waals surface area contributed by atoms with Crippen molar-refractivity contribution in [3.63, 3.8) is 0 Å². The molecule has 126 valence electrons. The summed E-state index contributed by atoms with van der Waals surface area (Å²) < 4.78 is 0. The average Bonchev–Trinajstić information content (AvgIpc) is 2.61. The fraction of sp³-hybridized carbons (Fsp3) is 0.136. The van der Waals surface area contributed by atoms with Gasteiger partial charge in [-0.2, -0.15) is 0 Å². The van der Waals surface area contributed by atoms with Crippen molar-refractivity contribution in [1.29, 1.82) is 0 Å². The number of rotatable bonds is 5. The molecular weight excluding hydrogens is 330 g/mol. The van der Waals surface area contributed by atoms with E-state index < -0.39 is 0 Å². The minimum absolute atomic E-state index is 0.0284. The van der Waals surface area contributed by atoms with Gasteiger partial charge in [0.2, 0.25) is 5.91 Å². The molecule has 2 nitrogen and oxygen atoms in total. The molecule has 1 amide bonds. The molecule has 3 aromatic carbocycles. The van der Waals surface area contributed by atoms with E-state index in [-0.39, 0.29) is 11.9 Å². The van der Waals surface area contributed by atoms with Gasteiger partial charge in [-0.15, -0.1) is 0 Å². The van der Waals surface area contributed by atoms with Crippen LogP contribution in [0.5, 0.6) is 0 Å². The molecule has 0 aliphatic rings. The summed E-state index contributed by atoms with van der Waals surface area (Å²) in [5.74, 6) is -0.0284. The second-order valence-corrected chi connectivity index (χ2v) is 6.51. The Bertz CT molecular complexity index is 861. The largest absolute Gasteiger partial charge is 0.345 e. The van der Waals surface area contributed by atoms with Crippen LogP contribution < -0.4 is 5.32 Å². The zero-order valence-electron chi connectivity index (χ0n) is 14.1. The Balaban J connectivity index is 1.85. The van der Waals surface area contributed by atoms with Crippen molar-refractivity contribution in [3.05, 3.63) is 106 Å². The Kier molecular flexibility index (Phi) is 5.52. The highest BCUT2D eigenvalue weighted by Gasteiger charge is 2.18. The van der Waals surface area contributed by atoms with Gasteiger partial charge in [-0.05, 0) is 41.3 Å². The third kappa shape index (κ3) is 4.49. The van der Waals surface area contributed by atoms with Crippen LogP contribution in [0.25, 0.3) is 0 Å². The van der Waals surface area contributed by atoms with Crippen LogP contribution in [0.1, 0.15) is 28.3 Å². The molecule has 0 radical (unpaired) electrons. The molecule has 0 spiro atoms. The van der Waals surface area contributed by atoms with Crippen LogP contribution in [0.2, 0.25) is 5.02 Å². The third-order valence-corrected chi connectivity index (χ3v) is 4.43. The third-order valence-electron chi connectivity index (χ3n) is 4.19. The SMILES string of the molecule is Cc1ccccc1[C@H](NC(=O)Cc1cccc(Cl)c1)c1ccccc1. The Morgan fingerprint density at radius 3 is 2.40 bits per heavy atom. The van der Waals surface area contributed by atoms with Gasteiger partial charge < -0.3 is 5.32 Å². The molecule has 0 unspecified atom stereocenters. The predicted octanol–water partition coefficient (Wildman–Crippen LogP) is 5.10. The zero-order valence-corrected chi connectivity index (χ0v) is 14.8. The monoisotopic (exact) mass is 349 g/mol. The second kappa shape index (κ2) is 8.00. The van der Waals surface area contributed by atoms with Gasteiger partial charge in [-0.1, -0.05) is 78.3 Å². The Morgan fingerprint density at radius 2 is 1.68 bits per heavy atom. The zero-order chi connectivity index (χ0) is 17.6. The molecule has 3 heteroatoms. The maximum absolute atomic E-state index is 12.6. The molecule has 0 heterocycles. The predicted molar refractivity (Wildman–Crippen MR) is 103 cm³/mol. The Hall–Kier alpha value is -2.58. The van der Waals surface area contributed by atoms with Crippen LogP contribution >= 0.6 is 11.6 Å². The normalized spacial score (nSPS) is 11.8. The average molecular weight is 350 g/mol. The van der Waals surface area contributed by atoms with Crippen molar-refractivity contribution in [2.24, 2.45) is 0 Å². The lowest BCUT2D eigenvalue weighted by Gasteiger charge is -2.22. The van der Waals surface area contributed by atoms with E-state index in [1.165, 1.54) is 0 Å². The van der Waals surface area contributed by atoms with E-state index in [0.29, 0.717) is 11.4 Å². The maximum atomic E-state index is 12.6.